The first-order valence-corrected chi connectivity index (χ1v) is 8.64. The third kappa shape index (κ3) is 4.63. The van der Waals surface area contributed by atoms with Crippen molar-refractivity contribution in [3.63, 3.8) is 0 Å². The molecule has 0 aliphatic heterocycles. The van der Waals surface area contributed by atoms with Crippen LogP contribution in [0.5, 0.6) is 5.75 Å². The van der Waals surface area contributed by atoms with Gasteiger partial charge in [-0.2, -0.15) is 0 Å². The van der Waals surface area contributed by atoms with Crippen molar-refractivity contribution >= 4 is 16.8 Å². The molecule has 1 heterocycles. The van der Waals surface area contributed by atoms with Gasteiger partial charge in [-0.1, -0.05) is 44.2 Å². The Balaban J connectivity index is 1.69. The maximum absolute atomic E-state index is 12.1. The summed E-state index contributed by atoms with van der Waals surface area (Å²) in [6.45, 7) is 5.72. The maximum atomic E-state index is 12.1. The summed E-state index contributed by atoms with van der Waals surface area (Å²) < 4.78 is 7.85. The molecule has 1 amide bonds. The van der Waals surface area contributed by atoms with Crippen LogP contribution in [-0.4, -0.2) is 17.0 Å². The molecule has 2 aromatic carbocycles. The van der Waals surface area contributed by atoms with Gasteiger partial charge in [0.25, 0.3) is 0 Å². The second-order valence-electron chi connectivity index (χ2n) is 6.64. The van der Waals surface area contributed by atoms with Crippen LogP contribution in [0.15, 0.2) is 60.8 Å². The summed E-state index contributed by atoms with van der Waals surface area (Å²) in [6, 6.07) is 18.1. The van der Waals surface area contributed by atoms with Gasteiger partial charge in [0.1, 0.15) is 18.9 Å². The van der Waals surface area contributed by atoms with Gasteiger partial charge < -0.3 is 14.6 Å². The summed E-state index contributed by atoms with van der Waals surface area (Å²) in [7, 11) is 0. The SMILES string of the molecule is CC(C)CNC(=O)Cn1ccc2ccc(OCc3ccccc3)cc21. The van der Waals surface area contributed by atoms with Crippen LogP contribution < -0.4 is 10.1 Å². The Labute approximate surface area is 148 Å². The predicted octanol–water partition coefficient (Wildman–Crippen LogP) is 3.99. The van der Waals surface area contributed by atoms with Crippen LogP contribution in [0.3, 0.4) is 0 Å². The molecule has 0 saturated carbocycles. The molecule has 0 atom stereocenters. The number of aromatic nitrogens is 1. The van der Waals surface area contributed by atoms with E-state index < -0.39 is 0 Å². The van der Waals surface area contributed by atoms with E-state index in [2.05, 4.69) is 19.2 Å². The van der Waals surface area contributed by atoms with E-state index in [1.54, 1.807) is 0 Å². The van der Waals surface area contributed by atoms with Crippen molar-refractivity contribution in [2.45, 2.75) is 27.0 Å². The van der Waals surface area contributed by atoms with Gasteiger partial charge in [-0.25, -0.2) is 0 Å². The van der Waals surface area contributed by atoms with Crippen LogP contribution >= 0.6 is 0 Å². The lowest BCUT2D eigenvalue weighted by molar-refractivity contribution is -0.121. The first kappa shape index (κ1) is 17.1. The monoisotopic (exact) mass is 336 g/mol. The predicted molar refractivity (Wildman–Crippen MR) is 101 cm³/mol. The quantitative estimate of drug-likeness (QED) is 0.709. The van der Waals surface area contributed by atoms with Crippen molar-refractivity contribution in [2.24, 2.45) is 5.92 Å². The summed E-state index contributed by atoms with van der Waals surface area (Å²) >= 11 is 0. The Kier molecular flexibility index (Phi) is 5.39. The summed E-state index contributed by atoms with van der Waals surface area (Å²) in [5.41, 5.74) is 2.14. The fourth-order valence-corrected chi connectivity index (χ4v) is 2.66. The lowest BCUT2D eigenvalue weighted by Crippen LogP contribution is -2.30. The Morgan fingerprint density at radius 1 is 1.12 bits per heavy atom. The molecule has 0 saturated heterocycles. The second-order valence-corrected chi connectivity index (χ2v) is 6.64. The fraction of sp³-hybridized carbons (Fsp3) is 0.286. The molecular weight excluding hydrogens is 312 g/mol. The summed E-state index contributed by atoms with van der Waals surface area (Å²) in [6.07, 6.45) is 1.95. The highest BCUT2D eigenvalue weighted by Gasteiger charge is 2.08. The molecule has 130 valence electrons. The van der Waals surface area contributed by atoms with Crippen LogP contribution in [0.25, 0.3) is 10.9 Å². The van der Waals surface area contributed by atoms with Crippen molar-refractivity contribution in [2.75, 3.05) is 6.54 Å². The van der Waals surface area contributed by atoms with Crippen LogP contribution in [0.2, 0.25) is 0 Å². The minimum absolute atomic E-state index is 0.0295. The fourth-order valence-electron chi connectivity index (χ4n) is 2.66. The number of carbonyl (C=O) groups excluding carboxylic acids is 1. The highest BCUT2D eigenvalue weighted by Crippen LogP contribution is 2.23. The minimum Gasteiger partial charge on any atom is -0.489 e. The molecule has 0 spiro atoms. The number of benzene rings is 2. The van der Waals surface area contributed by atoms with Gasteiger partial charge in [-0.05, 0) is 35.1 Å². The molecular formula is C21H24N2O2. The Bertz CT molecular complexity index is 837. The molecule has 0 fully saturated rings. The van der Waals surface area contributed by atoms with Crippen LogP contribution in [0.4, 0.5) is 0 Å². The first-order valence-electron chi connectivity index (χ1n) is 8.64. The topological polar surface area (TPSA) is 43.3 Å². The van der Waals surface area contributed by atoms with Gasteiger partial charge in [-0.3, -0.25) is 4.79 Å². The smallest absolute Gasteiger partial charge is 0.239 e. The van der Waals surface area contributed by atoms with Gasteiger partial charge in [0.05, 0.1) is 5.52 Å². The molecule has 25 heavy (non-hydrogen) atoms. The summed E-state index contributed by atoms with van der Waals surface area (Å²) in [5.74, 6) is 1.28. The van der Waals surface area contributed by atoms with Gasteiger partial charge in [0.2, 0.25) is 5.91 Å². The van der Waals surface area contributed by atoms with Gasteiger partial charge in [0.15, 0.2) is 0 Å². The third-order valence-electron chi connectivity index (χ3n) is 4.02. The lowest BCUT2D eigenvalue weighted by Gasteiger charge is -2.10. The van der Waals surface area contributed by atoms with Crippen LogP contribution in [0.1, 0.15) is 19.4 Å². The van der Waals surface area contributed by atoms with Crippen molar-refractivity contribution in [3.05, 3.63) is 66.4 Å². The van der Waals surface area contributed by atoms with Crippen molar-refractivity contribution < 1.29 is 9.53 Å². The van der Waals surface area contributed by atoms with Crippen molar-refractivity contribution in [1.82, 2.24) is 9.88 Å². The van der Waals surface area contributed by atoms with E-state index >= 15 is 0 Å². The largest absolute Gasteiger partial charge is 0.489 e. The number of nitrogens with one attached hydrogen (secondary N) is 1. The van der Waals surface area contributed by atoms with Gasteiger partial charge in [-0.15, -0.1) is 0 Å². The number of ether oxygens (including phenoxy) is 1. The van der Waals surface area contributed by atoms with Crippen LogP contribution in [0, 0.1) is 5.92 Å². The van der Waals surface area contributed by atoms with Crippen LogP contribution in [-0.2, 0) is 17.9 Å². The Hall–Kier alpha value is -2.75. The average molecular weight is 336 g/mol. The summed E-state index contributed by atoms with van der Waals surface area (Å²) in [5, 5.41) is 4.06. The number of fused-ring (bicyclic) bond motifs is 1. The van der Waals surface area contributed by atoms with Crippen molar-refractivity contribution in [3.8, 4) is 5.75 Å². The lowest BCUT2D eigenvalue weighted by atomic mass is 10.2. The van der Waals surface area contributed by atoms with Gasteiger partial charge >= 0.3 is 0 Å². The maximum Gasteiger partial charge on any atom is 0.239 e. The molecule has 0 radical (unpaired) electrons. The molecule has 3 rings (SSSR count). The molecule has 3 aromatic rings. The first-order chi connectivity index (χ1) is 12.1. The van der Waals surface area contributed by atoms with Crippen molar-refractivity contribution in [1.29, 1.82) is 0 Å². The number of amides is 1. The second kappa shape index (κ2) is 7.88. The standard InChI is InChI=1S/C21H24N2O2/c1-16(2)13-22-21(24)14-23-11-10-18-8-9-19(12-20(18)23)25-15-17-6-4-3-5-7-17/h3-12,16H,13-15H2,1-2H3,(H,22,24). The van der Waals surface area contributed by atoms with E-state index in [1.807, 2.05) is 65.4 Å². The Morgan fingerprint density at radius 3 is 2.68 bits per heavy atom. The molecule has 1 aromatic heterocycles. The highest BCUT2D eigenvalue weighted by molar-refractivity contribution is 5.84. The number of nitrogens with zero attached hydrogens (tertiary/aromatic N) is 1. The zero-order valence-electron chi connectivity index (χ0n) is 14.7. The van der Waals surface area contributed by atoms with E-state index in [-0.39, 0.29) is 5.91 Å². The minimum atomic E-state index is 0.0295. The highest BCUT2D eigenvalue weighted by atomic mass is 16.5. The Morgan fingerprint density at radius 2 is 1.92 bits per heavy atom. The van der Waals surface area contributed by atoms with E-state index in [0.717, 1.165) is 22.2 Å². The zero-order valence-corrected chi connectivity index (χ0v) is 14.7. The number of rotatable bonds is 7. The number of hydrogen-bond donors (Lipinski definition) is 1. The molecule has 4 nitrogen and oxygen atoms in total. The molecule has 1 N–H and O–H groups in total. The molecule has 4 heteroatoms. The normalized spacial score (nSPS) is 11.0. The third-order valence-corrected chi connectivity index (χ3v) is 4.02. The van der Waals surface area contributed by atoms with E-state index in [1.165, 1.54) is 0 Å². The van der Waals surface area contributed by atoms with E-state index in [9.17, 15) is 4.79 Å². The van der Waals surface area contributed by atoms with E-state index in [0.29, 0.717) is 25.6 Å². The summed E-state index contributed by atoms with van der Waals surface area (Å²) in [4.78, 5) is 12.1. The molecule has 0 unspecified atom stereocenters. The number of carbonyl (C=O) groups is 1. The molecule has 0 bridgehead atoms. The molecule has 0 aliphatic rings. The van der Waals surface area contributed by atoms with Gasteiger partial charge in [0, 0.05) is 18.8 Å². The van der Waals surface area contributed by atoms with E-state index in [4.69, 9.17) is 4.74 Å². The molecule has 0 aliphatic carbocycles. The number of hydrogen-bond acceptors (Lipinski definition) is 2. The zero-order chi connectivity index (χ0) is 17.6. The average Bonchev–Trinajstić information content (AvgIpc) is 3.01.